The largest absolute Gasteiger partial charge is 0.481 e. The van der Waals surface area contributed by atoms with Crippen LogP contribution in [0, 0.1) is 22.7 Å². The second-order valence-electron chi connectivity index (χ2n) is 7.50. The molecule has 0 saturated heterocycles. The van der Waals surface area contributed by atoms with Crippen molar-refractivity contribution in [3.05, 3.63) is 71.8 Å². The number of fused-ring (bicyclic) bond motifs is 2. The fraction of sp³-hybridized carbons (Fsp3) is 0.148. The number of nitriles is 2. The SMILES string of the molecule is CCCCC(=O)O.N#Cc1ccc2c3ccc(C#N)c4cccc(c5cccc1c52)c43. The number of hydrogen-bond acceptors (Lipinski definition) is 3. The quantitative estimate of drug-likeness (QED) is 0.266. The summed E-state index contributed by atoms with van der Waals surface area (Å²) in [7, 11) is 0. The summed E-state index contributed by atoms with van der Waals surface area (Å²) >= 11 is 0. The van der Waals surface area contributed by atoms with Crippen LogP contribution in [0.3, 0.4) is 0 Å². The lowest BCUT2D eigenvalue weighted by molar-refractivity contribution is -0.137. The van der Waals surface area contributed by atoms with Gasteiger partial charge in [0.05, 0.1) is 23.3 Å². The minimum Gasteiger partial charge on any atom is -0.481 e. The molecule has 150 valence electrons. The van der Waals surface area contributed by atoms with Crippen LogP contribution in [0.5, 0.6) is 0 Å². The van der Waals surface area contributed by atoms with Gasteiger partial charge in [-0.2, -0.15) is 10.5 Å². The molecule has 0 aliphatic carbocycles. The molecule has 4 heteroatoms. The highest BCUT2D eigenvalue weighted by atomic mass is 16.4. The standard InChI is InChI=1S/C22H10N2.C5H10O2/c23-11-13-7-9-19-20-10-8-14(12-24)16-4-2-6-18(22(16)20)17-5-1-3-15(13)21(17)19;1-2-3-4-5(6)7/h1-10H;2-4H2,1H3,(H,6,7). The Kier molecular flexibility index (Phi) is 5.39. The van der Waals surface area contributed by atoms with Gasteiger partial charge in [-0.25, -0.2) is 0 Å². The van der Waals surface area contributed by atoms with Crippen LogP contribution in [0.4, 0.5) is 0 Å². The molecule has 4 nitrogen and oxygen atoms in total. The van der Waals surface area contributed by atoms with E-state index in [9.17, 15) is 15.3 Å². The van der Waals surface area contributed by atoms with Gasteiger partial charge in [-0.15, -0.1) is 0 Å². The summed E-state index contributed by atoms with van der Waals surface area (Å²) in [6.45, 7) is 1.98. The molecule has 0 bridgehead atoms. The molecule has 0 aromatic heterocycles. The van der Waals surface area contributed by atoms with Gasteiger partial charge in [-0.1, -0.05) is 61.9 Å². The van der Waals surface area contributed by atoms with Crippen LogP contribution >= 0.6 is 0 Å². The van der Waals surface area contributed by atoms with Crippen LogP contribution in [0.15, 0.2) is 60.7 Å². The number of aliphatic carboxylic acids is 1. The van der Waals surface area contributed by atoms with E-state index in [0.717, 1.165) is 55.9 Å². The highest BCUT2D eigenvalue weighted by Gasteiger charge is 2.15. The number of carboxylic acid groups (broad SMARTS) is 1. The van der Waals surface area contributed by atoms with E-state index in [1.54, 1.807) is 0 Å². The minimum atomic E-state index is -0.693. The highest BCUT2D eigenvalue weighted by Crippen LogP contribution is 2.41. The summed E-state index contributed by atoms with van der Waals surface area (Å²) in [5.74, 6) is -0.693. The molecule has 0 radical (unpaired) electrons. The number of carboxylic acids is 1. The molecule has 31 heavy (non-hydrogen) atoms. The third kappa shape index (κ3) is 3.39. The maximum absolute atomic E-state index is 9.76. The van der Waals surface area contributed by atoms with Crippen molar-refractivity contribution in [2.75, 3.05) is 0 Å². The van der Waals surface area contributed by atoms with Crippen LogP contribution in [0.2, 0.25) is 0 Å². The van der Waals surface area contributed by atoms with Crippen molar-refractivity contribution in [3.63, 3.8) is 0 Å². The Morgan fingerprint density at radius 2 is 1.16 bits per heavy atom. The molecule has 0 heterocycles. The summed E-state index contributed by atoms with van der Waals surface area (Å²) in [5.41, 5.74) is 1.39. The second-order valence-corrected chi connectivity index (χ2v) is 7.50. The lowest BCUT2D eigenvalue weighted by atomic mass is 9.87. The predicted molar refractivity (Wildman–Crippen MR) is 124 cm³/mol. The van der Waals surface area contributed by atoms with E-state index in [4.69, 9.17) is 5.11 Å². The number of carbonyl (C=O) groups is 1. The molecular weight excluding hydrogens is 384 g/mol. The van der Waals surface area contributed by atoms with Gasteiger partial charge < -0.3 is 5.11 Å². The van der Waals surface area contributed by atoms with Crippen molar-refractivity contribution in [2.45, 2.75) is 26.2 Å². The van der Waals surface area contributed by atoms with E-state index >= 15 is 0 Å². The van der Waals surface area contributed by atoms with Gasteiger partial charge in [0.25, 0.3) is 0 Å². The number of unbranched alkanes of at least 4 members (excludes halogenated alkanes) is 1. The zero-order chi connectivity index (χ0) is 22.0. The lowest BCUT2D eigenvalue weighted by Gasteiger charge is -2.15. The van der Waals surface area contributed by atoms with Gasteiger partial charge in [-0.05, 0) is 50.9 Å². The molecule has 1 N–H and O–H groups in total. The minimum absolute atomic E-state index is 0.316. The van der Waals surface area contributed by atoms with Gasteiger partial charge >= 0.3 is 5.97 Å². The van der Waals surface area contributed by atoms with E-state index in [1.165, 1.54) is 0 Å². The van der Waals surface area contributed by atoms with E-state index in [1.807, 2.05) is 55.5 Å². The Balaban J connectivity index is 0.000000289. The molecule has 0 atom stereocenters. The number of nitrogens with zero attached hydrogens (tertiary/aromatic N) is 2. The van der Waals surface area contributed by atoms with Crippen molar-refractivity contribution < 1.29 is 9.90 Å². The Morgan fingerprint density at radius 3 is 1.52 bits per heavy atom. The Bertz CT molecular complexity index is 1390. The number of rotatable bonds is 3. The Hall–Kier alpha value is -4.15. The molecule has 5 aromatic carbocycles. The molecule has 5 rings (SSSR count). The van der Waals surface area contributed by atoms with E-state index in [2.05, 4.69) is 24.3 Å². The topological polar surface area (TPSA) is 84.9 Å². The summed E-state index contributed by atoms with van der Waals surface area (Å²) in [6.07, 6.45) is 2.08. The summed E-state index contributed by atoms with van der Waals surface area (Å²) in [4.78, 5) is 9.76. The first kappa shape index (κ1) is 20.1. The first-order valence-electron chi connectivity index (χ1n) is 10.2. The first-order chi connectivity index (χ1) is 15.1. The normalized spacial score (nSPS) is 10.7. The molecular formula is C27H20N2O2. The van der Waals surface area contributed by atoms with Gasteiger partial charge in [0.15, 0.2) is 0 Å². The van der Waals surface area contributed by atoms with Gasteiger partial charge in [0, 0.05) is 17.2 Å². The van der Waals surface area contributed by atoms with Crippen LogP contribution in [-0.4, -0.2) is 11.1 Å². The van der Waals surface area contributed by atoms with Gasteiger partial charge in [0.1, 0.15) is 0 Å². The fourth-order valence-corrected chi connectivity index (χ4v) is 4.23. The maximum atomic E-state index is 9.76. The molecule has 0 saturated carbocycles. The maximum Gasteiger partial charge on any atom is 0.303 e. The Labute approximate surface area is 179 Å². The number of benzene rings is 5. The first-order valence-corrected chi connectivity index (χ1v) is 10.2. The highest BCUT2D eigenvalue weighted by molar-refractivity contribution is 6.33. The summed E-state index contributed by atoms with van der Waals surface area (Å²) < 4.78 is 0. The van der Waals surface area contributed by atoms with Gasteiger partial charge in [-0.3, -0.25) is 4.79 Å². The molecule has 5 aromatic rings. The molecule has 0 fully saturated rings. The van der Waals surface area contributed by atoms with E-state index in [-0.39, 0.29) is 0 Å². The third-order valence-corrected chi connectivity index (χ3v) is 5.65. The monoisotopic (exact) mass is 404 g/mol. The fourth-order valence-electron chi connectivity index (χ4n) is 4.23. The van der Waals surface area contributed by atoms with Crippen molar-refractivity contribution in [1.29, 1.82) is 10.5 Å². The molecule has 0 aliphatic rings. The van der Waals surface area contributed by atoms with Crippen molar-refractivity contribution in [2.24, 2.45) is 0 Å². The van der Waals surface area contributed by atoms with Crippen molar-refractivity contribution in [3.8, 4) is 12.1 Å². The molecule has 0 spiro atoms. The molecule has 0 unspecified atom stereocenters. The summed E-state index contributed by atoms with van der Waals surface area (Å²) in [6, 6.07) is 24.6. The molecule has 0 aliphatic heterocycles. The zero-order valence-electron chi connectivity index (χ0n) is 17.1. The van der Waals surface area contributed by atoms with Crippen LogP contribution in [0.1, 0.15) is 37.3 Å². The average molecular weight is 404 g/mol. The second kappa shape index (κ2) is 8.30. The van der Waals surface area contributed by atoms with Gasteiger partial charge in [0.2, 0.25) is 0 Å². The van der Waals surface area contributed by atoms with E-state index < -0.39 is 5.97 Å². The average Bonchev–Trinajstić information content (AvgIpc) is 2.80. The Morgan fingerprint density at radius 1 is 0.742 bits per heavy atom. The molecule has 0 amide bonds. The zero-order valence-corrected chi connectivity index (χ0v) is 17.1. The third-order valence-electron chi connectivity index (χ3n) is 5.65. The van der Waals surface area contributed by atoms with Crippen molar-refractivity contribution in [1.82, 2.24) is 0 Å². The van der Waals surface area contributed by atoms with Crippen LogP contribution in [0.25, 0.3) is 43.1 Å². The van der Waals surface area contributed by atoms with E-state index in [0.29, 0.717) is 17.5 Å². The van der Waals surface area contributed by atoms with Crippen molar-refractivity contribution >= 4 is 49.1 Å². The van der Waals surface area contributed by atoms with Crippen LogP contribution in [-0.2, 0) is 4.79 Å². The smallest absolute Gasteiger partial charge is 0.303 e. The predicted octanol–water partition coefficient (Wildman–Crippen LogP) is 6.74. The number of hydrogen-bond donors (Lipinski definition) is 1. The lowest BCUT2D eigenvalue weighted by Crippen LogP contribution is -1.91. The summed E-state index contributed by atoms with van der Waals surface area (Å²) in [5, 5.41) is 35.7. The van der Waals surface area contributed by atoms with Crippen LogP contribution < -0.4 is 0 Å².